The van der Waals surface area contributed by atoms with Crippen molar-refractivity contribution >= 4 is 38.7 Å². The number of benzene rings is 3. The maximum Gasteiger partial charge on any atom is 0.412 e. The largest absolute Gasteiger partial charge is 0.478 e. The second-order valence-electron chi connectivity index (χ2n) is 7.96. The summed E-state index contributed by atoms with van der Waals surface area (Å²) < 4.78 is 29.4. The molecule has 3 aromatic rings. The van der Waals surface area contributed by atoms with Crippen LogP contribution in [0.25, 0.3) is 11.1 Å². The zero-order valence-electron chi connectivity index (χ0n) is 18.4. The molecule has 1 atom stereocenters. The molecule has 1 amide bonds. The highest BCUT2D eigenvalue weighted by Gasteiger charge is 2.31. The first kappa shape index (κ1) is 23.3. The second kappa shape index (κ2) is 9.52. The fourth-order valence-corrected chi connectivity index (χ4v) is 4.73. The highest BCUT2D eigenvalue weighted by Crippen LogP contribution is 2.41. The lowest BCUT2D eigenvalue weighted by atomic mass is 9.96. The molecule has 34 heavy (non-hydrogen) atoms. The number of anilines is 1. The molecule has 1 aliphatic rings. The number of sulfone groups is 1. The van der Waals surface area contributed by atoms with Crippen molar-refractivity contribution < 1.29 is 27.9 Å². The molecule has 0 saturated carbocycles. The van der Waals surface area contributed by atoms with Gasteiger partial charge in [-0.15, -0.1) is 0 Å². The number of carboxylic acids is 1. The number of amides is 1. The molecule has 0 bridgehead atoms. The summed E-state index contributed by atoms with van der Waals surface area (Å²) in [6.45, 7) is 0. The van der Waals surface area contributed by atoms with Crippen LogP contribution in [0, 0.1) is 0 Å². The van der Waals surface area contributed by atoms with E-state index in [2.05, 4.69) is 5.32 Å². The average Bonchev–Trinajstić information content (AvgIpc) is 3.22. The van der Waals surface area contributed by atoms with E-state index in [9.17, 15) is 23.1 Å². The molecule has 174 valence electrons. The van der Waals surface area contributed by atoms with E-state index < -0.39 is 28.0 Å². The van der Waals surface area contributed by atoms with E-state index in [4.69, 9.17) is 4.74 Å². The van der Waals surface area contributed by atoms with Gasteiger partial charge in [-0.1, -0.05) is 54.6 Å². The van der Waals surface area contributed by atoms with Crippen LogP contribution in [0.5, 0.6) is 0 Å². The maximum absolute atomic E-state index is 12.7. The lowest BCUT2D eigenvalue weighted by molar-refractivity contribution is 0.0698. The van der Waals surface area contributed by atoms with Crippen LogP contribution >= 0.6 is 0 Å². The Balaban J connectivity index is 1.65. The average molecular weight is 478 g/mol. The van der Waals surface area contributed by atoms with Gasteiger partial charge in [-0.2, -0.15) is 0 Å². The Morgan fingerprint density at radius 3 is 2.21 bits per heavy atom. The minimum Gasteiger partial charge on any atom is -0.478 e. The highest BCUT2D eigenvalue weighted by molar-refractivity contribution is 7.90. The molecular weight excluding hydrogens is 454 g/mol. The normalized spacial score (nSPS) is 15.7. The minimum absolute atomic E-state index is 0.0312. The molecule has 4 rings (SSSR count). The predicted molar refractivity (Wildman–Crippen MR) is 129 cm³/mol. The number of ether oxygens (including phenoxy) is 1. The summed E-state index contributed by atoms with van der Waals surface area (Å²) in [4.78, 5) is 24.4. The monoisotopic (exact) mass is 477 g/mol. The molecule has 8 heteroatoms. The number of carboxylic acid groups (broad SMARTS) is 1. The lowest BCUT2D eigenvalue weighted by Crippen LogP contribution is -2.23. The summed E-state index contributed by atoms with van der Waals surface area (Å²) in [6, 6.07) is 22.3. The first-order valence-electron chi connectivity index (χ1n) is 10.6. The number of hydrogen-bond donors (Lipinski definition) is 2. The molecule has 0 aromatic heterocycles. The molecule has 1 aliphatic carbocycles. The standard InChI is InChI=1S/C26H23NO6S/c1-34(31,32)19-13-11-17(12-14-19)20-15-16-23(24(20)18-7-3-2-4-8-18)33-26(30)27-22-10-6-5-9-21(22)25(28)29/h2-14,23H,15-16H2,1H3,(H,27,30)(H,28,29). The number of rotatable bonds is 6. The molecule has 7 nitrogen and oxygen atoms in total. The second-order valence-corrected chi connectivity index (χ2v) is 9.98. The van der Waals surface area contributed by atoms with Crippen LogP contribution in [0.4, 0.5) is 10.5 Å². The molecule has 1 unspecified atom stereocenters. The van der Waals surface area contributed by atoms with Crippen molar-refractivity contribution in [1.82, 2.24) is 0 Å². The SMILES string of the molecule is CS(=O)(=O)c1ccc(C2=C(c3ccccc3)C(OC(=O)Nc3ccccc3C(=O)O)CC2)cc1. The van der Waals surface area contributed by atoms with E-state index in [0.717, 1.165) is 28.5 Å². The third-order valence-electron chi connectivity index (χ3n) is 5.66. The first-order valence-corrected chi connectivity index (χ1v) is 12.5. The van der Waals surface area contributed by atoms with Gasteiger partial charge in [0.15, 0.2) is 9.84 Å². The molecule has 0 aliphatic heterocycles. The Morgan fingerprint density at radius 2 is 1.56 bits per heavy atom. The summed E-state index contributed by atoms with van der Waals surface area (Å²) in [7, 11) is -3.31. The maximum atomic E-state index is 12.7. The van der Waals surface area contributed by atoms with Gasteiger partial charge in [0.05, 0.1) is 16.1 Å². The van der Waals surface area contributed by atoms with E-state index in [-0.39, 0.29) is 16.1 Å². The minimum atomic E-state index is -3.31. The van der Waals surface area contributed by atoms with Crippen molar-refractivity contribution in [3.8, 4) is 0 Å². The third kappa shape index (κ3) is 5.02. The summed E-state index contributed by atoms with van der Waals surface area (Å²) in [6.07, 6.45) is 1.04. The van der Waals surface area contributed by atoms with E-state index in [1.165, 1.54) is 12.1 Å². The molecular formula is C26H23NO6S. The van der Waals surface area contributed by atoms with Crippen LogP contribution < -0.4 is 5.32 Å². The van der Waals surface area contributed by atoms with Crippen molar-refractivity contribution in [1.29, 1.82) is 0 Å². The van der Waals surface area contributed by atoms with E-state index in [1.807, 2.05) is 30.3 Å². The molecule has 0 fully saturated rings. The van der Waals surface area contributed by atoms with E-state index in [0.29, 0.717) is 12.8 Å². The van der Waals surface area contributed by atoms with Gasteiger partial charge in [-0.05, 0) is 53.8 Å². The van der Waals surface area contributed by atoms with Crippen molar-refractivity contribution in [2.75, 3.05) is 11.6 Å². The van der Waals surface area contributed by atoms with Crippen LogP contribution in [0.1, 0.15) is 34.3 Å². The first-order chi connectivity index (χ1) is 16.2. The van der Waals surface area contributed by atoms with Gasteiger partial charge in [-0.25, -0.2) is 18.0 Å². The fourth-order valence-electron chi connectivity index (χ4n) is 4.09. The third-order valence-corrected chi connectivity index (χ3v) is 6.79. The van der Waals surface area contributed by atoms with Gasteiger partial charge < -0.3 is 9.84 Å². The van der Waals surface area contributed by atoms with Gasteiger partial charge in [0.1, 0.15) is 6.10 Å². The molecule has 0 heterocycles. The number of nitrogens with one attached hydrogen (secondary N) is 1. The zero-order chi connectivity index (χ0) is 24.3. The Bertz CT molecular complexity index is 1360. The van der Waals surface area contributed by atoms with Crippen LogP contribution in [0.3, 0.4) is 0 Å². The quantitative estimate of drug-likeness (QED) is 0.511. The number of allylic oxidation sites excluding steroid dienone is 1. The molecule has 0 saturated heterocycles. The van der Waals surface area contributed by atoms with Gasteiger partial charge in [-0.3, -0.25) is 5.32 Å². The van der Waals surface area contributed by atoms with Crippen LogP contribution in [-0.2, 0) is 14.6 Å². The predicted octanol–water partition coefficient (Wildman–Crippen LogP) is 5.11. The van der Waals surface area contributed by atoms with Crippen molar-refractivity contribution in [2.45, 2.75) is 23.8 Å². The van der Waals surface area contributed by atoms with Crippen molar-refractivity contribution in [2.24, 2.45) is 0 Å². The van der Waals surface area contributed by atoms with Crippen LogP contribution in [0.2, 0.25) is 0 Å². The number of hydrogen-bond acceptors (Lipinski definition) is 5. The van der Waals surface area contributed by atoms with Crippen LogP contribution in [-0.4, -0.2) is 37.9 Å². The van der Waals surface area contributed by atoms with E-state index >= 15 is 0 Å². The zero-order valence-corrected chi connectivity index (χ0v) is 19.2. The lowest BCUT2D eigenvalue weighted by Gasteiger charge is -2.18. The Labute approximate surface area is 197 Å². The fraction of sp³-hybridized carbons (Fsp3) is 0.154. The number of para-hydroxylation sites is 1. The molecule has 0 spiro atoms. The summed E-state index contributed by atoms with van der Waals surface area (Å²) in [5.41, 5.74) is 3.68. The van der Waals surface area contributed by atoms with Gasteiger partial charge in [0.25, 0.3) is 0 Å². The molecule has 0 radical (unpaired) electrons. The number of aromatic carboxylic acids is 1. The molecule has 2 N–H and O–H groups in total. The van der Waals surface area contributed by atoms with Crippen molar-refractivity contribution in [3.63, 3.8) is 0 Å². The smallest absolute Gasteiger partial charge is 0.412 e. The van der Waals surface area contributed by atoms with Gasteiger partial charge in [0.2, 0.25) is 0 Å². The highest BCUT2D eigenvalue weighted by atomic mass is 32.2. The number of carbonyl (C=O) groups excluding carboxylic acids is 1. The summed E-state index contributed by atoms with van der Waals surface area (Å²) in [5, 5.41) is 11.9. The topological polar surface area (TPSA) is 110 Å². The Hall–Kier alpha value is -3.91. The van der Waals surface area contributed by atoms with Gasteiger partial charge >= 0.3 is 12.1 Å². The van der Waals surface area contributed by atoms with Gasteiger partial charge in [0, 0.05) is 11.8 Å². The summed E-state index contributed by atoms with van der Waals surface area (Å²) >= 11 is 0. The summed E-state index contributed by atoms with van der Waals surface area (Å²) in [5.74, 6) is -1.15. The Kier molecular flexibility index (Phi) is 6.51. The van der Waals surface area contributed by atoms with Crippen molar-refractivity contribution in [3.05, 3.63) is 95.6 Å². The molecule has 3 aromatic carbocycles. The number of carbonyl (C=O) groups is 2. The van der Waals surface area contributed by atoms with Crippen LogP contribution in [0.15, 0.2) is 83.8 Å². The van der Waals surface area contributed by atoms with E-state index in [1.54, 1.807) is 36.4 Å². The Morgan fingerprint density at radius 1 is 0.912 bits per heavy atom.